The van der Waals surface area contributed by atoms with Gasteiger partial charge in [-0.2, -0.15) is 0 Å². The number of nitrogens with one attached hydrogen (secondary N) is 1. The number of pyridine rings is 1. The van der Waals surface area contributed by atoms with E-state index in [-0.39, 0.29) is 0 Å². The molecule has 0 bridgehead atoms. The van der Waals surface area contributed by atoms with Crippen molar-refractivity contribution in [2.45, 2.75) is 12.3 Å². The van der Waals surface area contributed by atoms with Gasteiger partial charge in [0.15, 0.2) is 0 Å². The minimum Gasteiger partial charge on any atom is -0.307 e. The highest BCUT2D eigenvalue weighted by molar-refractivity contribution is 7.99. The van der Waals surface area contributed by atoms with Crippen molar-refractivity contribution >= 4 is 17.4 Å². The second-order valence-corrected chi connectivity index (χ2v) is 5.50. The smallest absolute Gasteiger partial charge is 0.137 e. The Morgan fingerprint density at radius 1 is 1.50 bits per heavy atom. The van der Waals surface area contributed by atoms with Crippen LogP contribution in [0.1, 0.15) is 18.0 Å². The van der Waals surface area contributed by atoms with Crippen molar-refractivity contribution in [1.82, 2.24) is 14.7 Å². The number of hydrogen-bond donors (Lipinski definition) is 1. The predicted octanol–water partition coefficient (Wildman–Crippen LogP) is 2.31. The van der Waals surface area contributed by atoms with Crippen LogP contribution in [0.2, 0.25) is 0 Å². The topological polar surface area (TPSA) is 29.3 Å². The lowest BCUT2D eigenvalue weighted by molar-refractivity contribution is 0.526. The van der Waals surface area contributed by atoms with Gasteiger partial charge in [-0.1, -0.05) is 13.0 Å². The summed E-state index contributed by atoms with van der Waals surface area (Å²) in [6.45, 7) is 3.37. The summed E-state index contributed by atoms with van der Waals surface area (Å²) >= 11 is 1.95. The summed E-state index contributed by atoms with van der Waals surface area (Å²) in [7, 11) is 0. The zero-order chi connectivity index (χ0) is 11.0. The van der Waals surface area contributed by atoms with Gasteiger partial charge in [0.2, 0.25) is 0 Å². The van der Waals surface area contributed by atoms with Crippen LogP contribution in [-0.4, -0.2) is 21.7 Å². The molecule has 1 aliphatic rings. The van der Waals surface area contributed by atoms with E-state index in [0.717, 1.165) is 23.8 Å². The molecule has 1 N–H and O–H groups in total. The number of aromatic nitrogens is 2. The summed E-state index contributed by atoms with van der Waals surface area (Å²) in [6.07, 6.45) is 4.16. The molecular formula is C12H15N3S. The highest BCUT2D eigenvalue weighted by Gasteiger charge is 2.21. The standard InChI is InChI=1S/C12H15N3S/c1-9-6-13-12(16-8-9)10-7-15-5-3-2-4-11(15)14-10/h2-5,7,9,12-13H,6,8H2,1H3. The van der Waals surface area contributed by atoms with Crippen LogP contribution in [0.3, 0.4) is 0 Å². The number of thioether (sulfide) groups is 1. The highest BCUT2D eigenvalue weighted by Crippen LogP contribution is 2.30. The summed E-state index contributed by atoms with van der Waals surface area (Å²) in [5.74, 6) is 1.98. The Morgan fingerprint density at radius 2 is 2.44 bits per heavy atom. The van der Waals surface area contributed by atoms with E-state index in [1.165, 1.54) is 5.75 Å². The molecule has 0 aliphatic carbocycles. The third kappa shape index (κ3) is 1.83. The monoisotopic (exact) mass is 233 g/mol. The van der Waals surface area contributed by atoms with Crippen LogP contribution in [-0.2, 0) is 0 Å². The van der Waals surface area contributed by atoms with Gasteiger partial charge in [0.25, 0.3) is 0 Å². The van der Waals surface area contributed by atoms with Gasteiger partial charge in [0, 0.05) is 12.4 Å². The van der Waals surface area contributed by atoms with Crippen LogP contribution in [0.25, 0.3) is 5.65 Å². The molecule has 3 rings (SSSR count). The quantitative estimate of drug-likeness (QED) is 0.819. The van der Waals surface area contributed by atoms with Crippen LogP contribution in [0.4, 0.5) is 0 Å². The van der Waals surface area contributed by atoms with E-state index in [0.29, 0.717) is 5.37 Å². The Balaban J connectivity index is 1.88. The summed E-state index contributed by atoms with van der Waals surface area (Å²) in [5.41, 5.74) is 2.17. The summed E-state index contributed by atoms with van der Waals surface area (Å²) in [6, 6.07) is 6.09. The van der Waals surface area contributed by atoms with Gasteiger partial charge >= 0.3 is 0 Å². The van der Waals surface area contributed by atoms with Crippen molar-refractivity contribution < 1.29 is 0 Å². The van der Waals surface area contributed by atoms with E-state index in [4.69, 9.17) is 0 Å². The van der Waals surface area contributed by atoms with E-state index in [1.807, 2.05) is 36.2 Å². The molecule has 0 aromatic carbocycles. The predicted molar refractivity (Wildman–Crippen MR) is 67.6 cm³/mol. The number of fused-ring (bicyclic) bond motifs is 1. The first-order valence-corrected chi connectivity index (χ1v) is 6.66. The van der Waals surface area contributed by atoms with Gasteiger partial charge in [-0.15, -0.1) is 11.8 Å². The summed E-state index contributed by atoms with van der Waals surface area (Å²) < 4.78 is 2.08. The molecule has 0 spiro atoms. The van der Waals surface area contributed by atoms with E-state index >= 15 is 0 Å². The van der Waals surface area contributed by atoms with Gasteiger partial charge in [-0.3, -0.25) is 0 Å². The summed E-state index contributed by atoms with van der Waals surface area (Å²) in [5, 5.41) is 3.89. The first kappa shape index (κ1) is 10.2. The van der Waals surface area contributed by atoms with Crippen LogP contribution >= 0.6 is 11.8 Å². The van der Waals surface area contributed by atoms with Crippen LogP contribution in [0.15, 0.2) is 30.6 Å². The second kappa shape index (κ2) is 4.11. The van der Waals surface area contributed by atoms with E-state index in [9.17, 15) is 0 Å². The lowest BCUT2D eigenvalue weighted by Crippen LogP contribution is -2.31. The molecule has 0 radical (unpaired) electrons. The fourth-order valence-electron chi connectivity index (χ4n) is 1.96. The Hall–Kier alpha value is -1.000. The number of rotatable bonds is 1. The van der Waals surface area contributed by atoms with E-state index < -0.39 is 0 Å². The number of hydrogen-bond acceptors (Lipinski definition) is 3. The zero-order valence-electron chi connectivity index (χ0n) is 9.26. The van der Waals surface area contributed by atoms with E-state index in [1.54, 1.807) is 0 Å². The average molecular weight is 233 g/mol. The maximum absolute atomic E-state index is 4.64. The lowest BCUT2D eigenvalue weighted by atomic mass is 10.2. The first-order chi connectivity index (χ1) is 7.83. The Labute approximate surface area is 99.3 Å². The maximum Gasteiger partial charge on any atom is 0.137 e. The molecule has 3 nitrogen and oxygen atoms in total. The van der Waals surface area contributed by atoms with Gasteiger partial charge in [0.05, 0.1) is 11.1 Å². The average Bonchev–Trinajstić information content (AvgIpc) is 2.73. The highest BCUT2D eigenvalue weighted by atomic mass is 32.2. The van der Waals surface area contributed by atoms with Crippen molar-refractivity contribution in [1.29, 1.82) is 0 Å². The molecule has 0 amide bonds. The Kier molecular flexibility index (Phi) is 2.61. The second-order valence-electron chi connectivity index (χ2n) is 4.36. The SMILES string of the molecule is CC1CNC(c2cn3ccccc3n2)SC1. The molecule has 1 saturated heterocycles. The van der Waals surface area contributed by atoms with Crippen molar-refractivity contribution in [3.63, 3.8) is 0 Å². The molecule has 2 atom stereocenters. The Morgan fingerprint density at radius 3 is 3.19 bits per heavy atom. The number of imidazole rings is 1. The third-order valence-electron chi connectivity index (χ3n) is 2.85. The molecule has 3 heterocycles. The first-order valence-electron chi connectivity index (χ1n) is 5.61. The van der Waals surface area contributed by atoms with Crippen molar-refractivity contribution in [2.24, 2.45) is 5.92 Å². The molecule has 2 aromatic heterocycles. The normalized spacial score (nSPS) is 26.1. The van der Waals surface area contributed by atoms with Crippen molar-refractivity contribution in [2.75, 3.05) is 12.3 Å². The van der Waals surface area contributed by atoms with Crippen molar-refractivity contribution in [3.05, 3.63) is 36.3 Å². The molecular weight excluding hydrogens is 218 g/mol. The fraction of sp³-hybridized carbons (Fsp3) is 0.417. The molecule has 0 saturated carbocycles. The Bertz CT molecular complexity index is 453. The van der Waals surface area contributed by atoms with Crippen molar-refractivity contribution in [3.8, 4) is 0 Å². The fourth-order valence-corrected chi connectivity index (χ4v) is 3.09. The largest absolute Gasteiger partial charge is 0.307 e. The molecule has 2 aromatic rings. The van der Waals surface area contributed by atoms with Gasteiger partial charge in [0.1, 0.15) is 5.65 Å². The van der Waals surface area contributed by atoms with Gasteiger partial charge < -0.3 is 9.72 Å². The minimum absolute atomic E-state index is 0.357. The van der Waals surface area contributed by atoms with Gasteiger partial charge in [-0.05, 0) is 30.3 Å². The molecule has 16 heavy (non-hydrogen) atoms. The number of nitrogens with zero attached hydrogens (tertiary/aromatic N) is 2. The minimum atomic E-state index is 0.357. The summed E-state index contributed by atoms with van der Waals surface area (Å²) in [4.78, 5) is 4.64. The maximum atomic E-state index is 4.64. The molecule has 84 valence electrons. The van der Waals surface area contributed by atoms with Crippen LogP contribution in [0.5, 0.6) is 0 Å². The van der Waals surface area contributed by atoms with E-state index in [2.05, 4.69) is 27.8 Å². The van der Waals surface area contributed by atoms with Crippen LogP contribution in [0, 0.1) is 5.92 Å². The zero-order valence-corrected chi connectivity index (χ0v) is 10.1. The molecule has 1 aliphatic heterocycles. The van der Waals surface area contributed by atoms with Crippen LogP contribution < -0.4 is 5.32 Å². The molecule has 1 fully saturated rings. The third-order valence-corrected chi connectivity index (χ3v) is 4.35. The lowest BCUT2D eigenvalue weighted by Gasteiger charge is -2.25. The van der Waals surface area contributed by atoms with Gasteiger partial charge in [-0.25, -0.2) is 4.98 Å². The molecule has 2 unspecified atom stereocenters. The molecule has 4 heteroatoms.